The number of aliphatic hydroxyl groups is 1. The fourth-order valence-corrected chi connectivity index (χ4v) is 1.91. The maximum absolute atomic E-state index is 9.91. The molecule has 0 aliphatic heterocycles. The molecule has 1 heterocycles. The predicted octanol–water partition coefficient (Wildman–Crippen LogP) is 1.99. The van der Waals surface area contributed by atoms with Crippen molar-refractivity contribution in [1.82, 2.24) is 9.78 Å². The van der Waals surface area contributed by atoms with E-state index in [0.717, 1.165) is 36.2 Å². The summed E-state index contributed by atoms with van der Waals surface area (Å²) in [5.74, 6) is 0. The molecule has 1 unspecified atom stereocenters. The van der Waals surface area contributed by atoms with Crippen LogP contribution in [0.3, 0.4) is 0 Å². The van der Waals surface area contributed by atoms with Crippen molar-refractivity contribution in [3.05, 3.63) is 17.0 Å². The van der Waals surface area contributed by atoms with Gasteiger partial charge in [-0.15, -0.1) is 0 Å². The maximum Gasteiger partial charge on any atom is 0.0823 e. The van der Waals surface area contributed by atoms with E-state index < -0.39 is 0 Å². The maximum atomic E-state index is 9.91. The molecule has 1 rings (SSSR count). The lowest BCUT2D eigenvalue weighted by Crippen LogP contribution is -2.03. The Bertz CT molecular complexity index is 304. The van der Waals surface area contributed by atoms with Crippen molar-refractivity contribution in [3.8, 4) is 0 Å². The quantitative estimate of drug-likeness (QED) is 0.799. The van der Waals surface area contributed by atoms with Crippen LogP contribution >= 0.6 is 0 Å². The molecular weight excluding hydrogens is 176 g/mol. The number of nitrogens with zero attached hydrogens (tertiary/aromatic N) is 2. The largest absolute Gasteiger partial charge is 0.388 e. The fraction of sp³-hybridized carbons (Fsp3) is 0.727. The number of aromatic nitrogens is 2. The molecular formula is C11H20N2O. The summed E-state index contributed by atoms with van der Waals surface area (Å²) in [7, 11) is 1.95. The molecule has 1 N–H and O–H groups in total. The van der Waals surface area contributed by atoms with Gasteiger partial charge in [0.15, 0.2) is 0 Å². The Hall–Kier alpha value is -0.830. The van der Waals surface area contributed by atoms with Crippen LogP contribution in [0.2, 0.25) is 0 Å². The van der Waals surface area contributed by atoms with Gasteiger partial charge >= 0.3 is 0 Å². The Kier molecular flexibility index (Phi) is 3.69. The normalized spacial score (nSPS) is 13.2. The number of hydrogen-bond acceptors (Lipinski definition) is 2. The molecule has 0 fully saturated rings. The first-order valence-electron chi connectivity index (χ1n) is 5.38. The Labute approximate surface area is 85.8 Å². The van der Waals surface area contributed by atoms with E-state index >= 15 is 0 Å². The molecule has 0 aliphatic rings. The summed E-state index contributed by atoms with van der Waals surface area (Å²) in [6, 6.07) is 0. The first-order valence-corrected chi connectivity index (χ1v) is 5.38. The van der Waals surface area contributed by atoms with Crippen molar-refractivity contribution in [2.45, 2.75) is 46.1 Å². The Morgan fingerprint density at radius 1 is 1.29 bits per heavy atom. The molecule has 0 amide bonds. The summed E-state index contributed by atoms with van der Waals surface area (Å²) < 4.78 is 1.90. The van der Waals surface area contributed by atoms with Crippen molar-refractivity contribution in [3.63, 3.8) is 0 Å². The first-order chi connectivity index (χ1) is 6.65. The van der Waals surface area contributed by atoms with Crippen LogP contribution in [0.5, 0.6) is 0 Å². The number of rotatable bonds is 4. The Morgan fingerprint density at radius 2 is 1.93 bits per heavy atom. The minimum Gasteiger partial charge on any atom is -0.388 e. The summed E-state index contributed by atoms with van der Waals surface area (Å²) >= 11 is 0. The molecule has 1 atom stereocenters. The highest BCUT2D eigenvalue weighted by Gasteiger charge is 2.18. The van der Waals surface area contributed by atoms with Crippen molar-refractivity contribution in [2.75, 3.05) is 0 Å². The van der Waals surface area contributed by atoms with E-state index in [1.807, 2.05) is 18.7 Å². The van der Waals surface area contributed by atoms with Gasteiger partial charge in [-0.1, -0.05) is 20.8 Å². The van der Waals surface area contributed by atoms with E-state index in [9.17, 15) is 5.11 Å². The smallest absolute Gasteiger partial charge is 0.0823 e. The second-order valence-corrected chi connectivity index (χ2v) is 3.56. The second kappa shape index (κ2) is 4.60. The molecule has 3 heteroatoms. The lowest BCUT2D eigenvalue weighted by atomic mass is 10.0. The third-order valence-electron chi connectivity index (χ3n) is 2.67. The van der Waals surface area contributed by atoms with Crippen molar-refractivity contribution < 1.29 is 5.11 Å². The lowest BCUT2D eigenvalue weighted by Gasteiger charge is -2.10. The van der Waals surface area contributed by atoms with Gasteiger partial charge in [0.1, 0.15) is 0 Å². The van der Waals surface area contributed by atoms with Gasteiger partial charge in [-0.3, -0.25) is 4.68 Å². The molecule has 0 saturated carbocycles. The zero-order valence-electron chi connectivity index (χ0n) is 9.54. The summed E-state index contributed by atoms with van der Waals surface area (Å²) in [4.78, 5) is 0. The van der Waals surface area contributed by atoms with E-state index in [-0.39, 0.29) is 6.10 Å². The molecule has 0 bridgehead atoms. The molecule has 0 aromatic carbocycles. The zero-order chi connectivity index (χ0) is 10.7. The summed E-state index contributed by atoms with van der Waals surface area (Å²) in [6.45, 7) is 6.17. The Balaban J connectivity index is 3.20. The standard InChI is InChI=1S/C11H20N2O/c1-5-8-11(10(14)7-3)9(6-2)13(4)12-8/h10,14H,5-7H2,1-4H3. The number of hydrogen-bond donors (Lipinski definition) is 1. The molecule has 0 aliphatic carbocycles. The molecule has 0 radical (unpaired) electrons. The Morgan fingerprint density at radius 3 is 2.36 bits per heavy atom. The molecule has 0 spiro atoms. The van der Waals surface area contributed by atoms with Crippen LogP contribution in [0.15, 0.2) is 0 Å². The van der Waals surface area contributed by atoms with E-state index in [1.54, 1.807) is 0 Å². The van der Waals surface area contributed by atoms with E-state index in [1.165, 1.54) is 0 Å². The number of aliphatic hydroxyl groups excluding tert-OH is 1. The zero-order valence-corrected chi connectivity index (χ0v) is 9.54. The van der Waals surface area contributed by atoms with Gasteiger partial charge in [0.25, 0.3) is 0 Å². The molecule has 14 heavy (non-hydrogen) atoms. The van der Waals surface area contributed by atoms with Gasteiger partial charge < -0.3 is 5.11 Å². The lowest BCUT2D eigenvalue weighted by molar-refractivity contribution is 0.171. The molecule has 1 aromatic rings. The first kappa shape index (κ1) is 11.2. The van der Waals surface area contributed by atoms with Crippen LogP contribution in [-0.4, -0.2) is 14.9 Å². The topological polar surface area (TPSA) is 38.0 Å². The van der Waals surface area contributed by atoms with Gasteiger partial charge in [-0.05, 0) is 19.3 Å². The van der Waals surface area contributed by atoms with E-state index in [2.05, 4.69) is 18.9 Å². The van der Waals surface area contributed by atoms with Gasteiger partial charge in [0, 0.05) is 18.3 Å². The molecule has 0 saturated heterocycles. The van der Waals surface area contributed by atoms with Crippen LogP contribution in [-0.2, 0) is 19.9 Å². The van der Waals surface area contributed by atoms with Crippen molar-refractivity contribution in [1.29, 1.82) is 0 Å². The van der Waals surface area contributed by atoms with E-state index in [0.29, 0.717) is 0 Å². The minimum atomic E-state index is -0.353. The van der Waals surface area contributed by atoms with Crippen LogP contribution in [0.25, 0.3) is 0 Å². The molecule has 3 nitrogen and oxygen atoms in total. The van der Waals surface area contributed by atoms with Gasteiger partial charge in [0.05, 0.1) is 11.8 Å². The van der Waals surface area contributed by atoms with Gasteiger partial charge in [-0.25, -0.2) is 0 Å². The second-order valence-electron chi connectivity index (χ2n) is 3.56. The highest BCUT2D eigenvalue weighted by molar-refractivity contribution is 5.28. The third-order valence-corrected chi connectivity index (χ3v) is 2.67. The summed E-state index contributed by atoms with van der Waals surface area (Å²) in [6.07, 6.45) is 2.22. The van der Waals surface area contributed by atoms with Crippen LogP contribution < -0.4 is 0 Å². The summed E-state index contributed by atoms with van der Waals surface area (Å²) in [5, 5.41) is 14.3. The molecule has 80 valence electrons. The van der Waals surface area contributed by atoms with Gasteiger partial charge in [0.2, 0.25) is 0 Å². The van der Waals surface area contributed by atoms with Crippen LogP contribution in [0, 0.1) is 0 Å². The average molecular weight is 196 g/mol. The predicted molar refractivity (Wildman–Crippen MR) is 57.2 cm³/mol. The average Bonchev–Trinajstić information content (AvgIpc) is 2.53. The van der Waals surface area contributed by atoms with E-state index in [4.69, 9.17) is 0 Å². The van der Waals surface area contributed by atoms with Crippen LogP contribution in [0.1, 0.15) is 50.2 Å². The van der Waals surface area contributed by atoms with Crippen molar-refractivity contribution >= 4 is 0 Å². The summed E-state index contributed by atoms with van der Waals surface area (Å²) in [5.41, 5.74) is 3.26. The van der Waals surface area contributed by atoms with Crippen LogP contribution in [0.4, 0.5) is 0 Å². The third kappa shape index (κ3) is 1.82. The highest BCUT2D eigenvalue weighted by atomic mass is 16.3. The minimum absolute atomic E-state index is 0.353. The molecule has 1 aromatic heterocycles. The SMILES string of the molecule is CCc1nn(C)c(CC)c1C(O)CC. The monoisotopic (exact) mass is 196 g/mol. The fourth-order valence-electron chi connectivity index (χ4n) is 1.91. The van der Waals surface area contributed by atoms with Gasteiger partial charge in [-0.2, -0.15) is 5.10 Å². The van der Waals surface area contributed by atoms with Crippen molar-refractivity contribution in [2.24, 2.45) is 7.05 Å². The highest BCUT2D eigenvalue weighted by Crippen LogP contribution is 2.25. The number of aryl methyl sites for hydroxylation is 2.